The zero-order valence-corrected chi connectivity index (χ0v) is 13.9. The molecule has 2 aromatic rings. The summed E-state index contributed by atoms with van der Waals surface area (Å²) in [6.45, 7) is 1.53. The van der Waals surface area contributed by atoms with Gasteiger partial charge in [-0.3, -0.25) is 10.1 Å². The Hall–Kier alpha value is -3.65. The van der Waals surface area contributed by atoms with Gasteiger partial charge in [0.15, 0.2) is 0 Å². The van der Waals surface area contributed by atoms with Gasteiger partial charge >= 0.3 is 0 Å². The molecule has 8 nitrogen and oxygen atoms in total. The Bertz CT molecular complexity index is 889. The molecule has 1 aromatic carbocycles. The minimum absolute atomic E-state index is 0.0831. The first kappa shape index (κ1) is 17.2. The molecular formula is C18H16N6O2. The Balaban J connectivity index is 1.65. The highest BCUT2D eigenvalue weighted by molar-refractivity contribution is 5.64. The number of nitro groups is 1. The standard InChI is InChI=1S/C18H16N6O2/c19-10-13-1-3-16(17(9-13)24(25)26)22-15-5-7-23(8-6-15)18-4-2-14(11-20)12-21-18/h1-4,9,12,15,22H,5-8H2. The highest BCUT2D eigenvalue weighted by Crippen LogP contribution is 2.28. The van der Waals surface area contributed by atoms with E-state index in [2.05, 4.69) is 15.2 Å². The monoisotopic (exact) mass is 348 g/mol. The van der Waals surface area contributed by atoms with Crippen LogP contribution < -0.4 is 10.2 Å². The summed E-state index contributed by atoms with van der Waals surface area (Å²) in [4.78, 5) is 17.2. The number of hydrogen-bond acceptors (Lipinski definition) is 7. The van der Waals surface area contributed by atoms with Gasteiger partial charge in [0.25, 0.3) is 5.69 Å². The van der Waals surface area contributed by atoms with Crippen LogP contribution in [0.1, 0.15) is 24.0 Å². The third-order valence-corrected chi connectivity index (χ3v) is 4.38. The summed E-state index contributed by atoms with van der Waals surface area (Å²) in [5.41, 5.74) is 1.14. The molecule has 8 heteroatoms. The Morgan fingerprint density at radius 3 is 2.42 bits per heavy atom. The lowest BCUT2D eigenvalue weighted by atomic mass is 10.0. The summed E-state index contributed by atoms with van der Waals surface area (Å²) in [5.74, 6) is 0.826. The van der Waals surface area contributed by atoms with E-state index in [1.807, 2.05) is 18.2 Å². The van der Waals surface area contributed by atoms with Crippen LogP contribution in [0.15, 0.2) is 36.5 Å². The van der Waals surface area contributed by atoms with Crippen molar-refractivity contribution in [2.75, 3.05) is 23.3 Å². The van der Waals surface area contributed by atoms with E-state index in [9.17, 15) is 10.1 Å². The predicted molar refractivity (Wildman–Crippen MR) is 95.6 cm³/mol. The SMILES string of the molecule is N#Cc1ccc(N2CCC(Nc3ccc(C#N)cc3[N+](=O)[O-])CC2)nc1. The van der Waals surface area contributed by atoms with Gasteiger partial charge in [-0.2, -0.15) is 10.5 Å². The van der Waals surface area contributed by atoms with Crippen molar-refractivity contribution in [3.05, 3.63) is 57.8 Å². The maximum Gasteiger partial charge on any atom is 0.293 e. The molecule has 0 radical (unpaired) electrons. The van der Waals surface area contributed by atoms with Crippen molar-refractivity contribution in [3.63, 3.8) is 0 Å². The van der Waals surface area contributed by atoms with Crippen LogP contribution in [0.4, 0.5) is 17.2 Å². The number of hydrogen-bond donors (Lipinski definition) is 1. The van der Waals surface area contributed by atoms with Gasteiger partial charge in [-0.1, -0.05) is 0 Å². The Morgan fingerprint density at radius 2 is 1.85 bits per heavy atom. The number of nitro benzene ring substituents is 1. The van der Waals surface area contributed by atoms with Crippen molar-refractivity contribution in [2.24, 2.45) is 0 Å². The minimum atomic E-state index is -0.473. The van der Waals surface area contributed by atoms with Gasteiger partial charge < -0.3 is 10.2 Å². The third kappa shape index (κ3) is 3.70. The largest absolute Gasteiger partial charge is 0.377 e. The van der Waals surface area contributed by atoms with Crippen molar-refractivity contribution < 1.29 is 4.92 Å². The fourth-order valence-electron chi connectivity index (χ4n) is 2.99. The van der Waals surface area contributed by atoms with Crippen LogP contribution in [0.3, 0.4) is 0 Å². The van der Waals surface area contributed by atoms with Crippen LogP contribution in [0, 0.1) is 32.8 Å². The van der Waals surface area contributed by atoms with Gasteiger partial charge in [-0.25, -0.2) is 4.98 Å². The molecule has 1 aliphatic rings. The summed E-state index contributed by atoms with van der Waals surface area (Å²) in [6, 6.07) is 12.1. The average molecular weight is 348 g/mol. The fraction of sp³-hybridized carbons (Fsp3) is 0.278. The minimum Gasteiger partial charge on any atom is -0.377 e. The van der Waals surface area contributed by atoms with Gasteiger partial charge in [0.05, 0.1) is 22.1 Å². The summed E-state index contributed by atoms with van der Waals surface area (Å²) in [6.07, 6.45) is 3.16. The Labute approximate surface area is 150 Å². The smallest absolute Gasteiger partial charge is 0.293 e. The van der Waals surface area contributed by atoms with E-state index in [-0.39, 0.29) is 17.3 Å². The molecule has 0 bridgehead atoms. The molecule has 1 saturated heterocycles. The number of benzene rings is 1. The van der Waals surface area contributed by atoms with Crippen molar-refractivity contribution in [1.29, 1.82) is 10.5 Å². The van der Waals surface area contributed by atoms with Crippen LogP contribution in [0.5, 0.6) is 0 Å². The highest BCUT2D eigenvalue weighted by atomic mass is 16.6. The molecular weight excluding hydrogens is 332 g/mol. The lowest BCUT2D eigenvalue weighted by molar-refractivity contribution is -0.384. The van der Waals surface area contributed by atoms with Crippen LogP contribution in [-0.4, -0.2) is 29.0 Å². The predicted octanol–water partition coefficient (Wildman–Crippen LogP) is 2.81. The maximum absolute atomic E-state index is 11.2. The summed E-state index contributed by atoms with van der Waals surface area (Å²) in [7, 11) is 0. The quantitative estimate of drug-likeness (QED) is 0.666. The molecule has 0 amide bonds. The normalized spacial score (nSPS) is 14.3. The number of aromatic nitrogens is 1. The first-order valence-electron chi connectivity index (χ1n) is 8.17. The summed E-state index contributed by atoms with van der Waals surface area (Å²) in [5, 5.41) is 32.2. The van der Waals surface area contributed by atoms with Crippen molar-refractivity contribution >= 4 is 17.2 Å². The highest BCUT2D eigenvalue weighted by Gasteiger charge is 2.23. The molecule has 2 heterocycles. The molecule has 0 aliphatic carbocycles. The van der Waals surface area contributed by atoms with Gasteiger partial charge in [0.2, 0.25) is 0 Å². The van der Waals surface area contributed by atoms with E-state index in [4.69, 9.17) is 10.5 Å². The molecule has 26 heavy (non-hydrogen) atoms. The van der Waals surface area contributed by atoms with E-state index < -0.39 is 4.92 Å². The fourth-order valence-corrected chi connectivity index (χ4v) is 2.99. The second-order valence-electron chi connectivity index (χ2n) is 6.02. The van der Waals surface area contributed by atoms with Crippen molar-refractivity contribution in [2.45, 2.75) is 18.9 Å². The van der Waals surface area contributed by atoms with Crippen LogP contribution in [0.2, 0.25) is 0 Å². The van der Waals surface area contributed by atoms with Gasteiger partial charge in [-0.15, -0.1) is 0 Å². The number of anilines is 2. The molecule has 3 rings (SSSR count). The van der Waals surface area contributed by atoms with Crippen LogP contribution in [0.25, 0.3) is 0 Å². The molecule has 130 valence electrons. The van der Waals surface area contributed by atoms with Crippen molar-refractivity contribution in [3.8, 4) is 12.1 Å². The zero-order chi connectivity index (χ0) is 18.5. The van der Waals surface area contributed by atoms with Crippen LogP contribution in [-0.2, 0) is 0 Å². The topological polar surface area (TPSA) is 119 Å². The lowest BCUT2D eigenvalue weighted by Crippen LogP contribution is -2.39. The van der Waals surface area contributed by atoms with Crippen molar-refractivity contribution in [1.82, 2.24) is 4.98 Å². The summed E-state index contributed by atoms with van der Waals surface area (Å²) < 4.78 is 0. The molecule has 1 fully saturated rings. The maximum atomic E-state index is 11.2. The molecule has 0 spiro atoms. The second kappa shape index (κ2) is 7.49. The lowest BCUT2D eigenvalue weighted by Gasteiger charge is -2.33. The number of pyridine rings is 1. The number of piperidine rings is 1. The van der Waals surface area contributed by atoms with E-state index in [1.165, 1.54) is 6.07 Å². The van der Waals surface area contributed by atoms with Crippen LogP contribution >= 0.6 is 0 Å². The number of rotatable bonds is 4. The van der Waals surface area contributed by atoms with Gasteiger partial charge in [0.1, 0.15) is 17.6 Å². The van der Waals surface area contributed by atoms with E-state index in [1.54, 1.807) is 24.4 Å². The number of nitriles is 2. The molecule has 0 saturated carbocycles. The molecule has 1 aromatic heterocycles. The molecule has 0 atom stereocenters. The molecule has 1 N–H and O–H groups in total. The van der Waals surface area contributed by atoms with E-state index >= 15 is 0 Å². The zero-order valence-electron chi connectivity index (χ0n) is 13.9. The molecule has 1 aliphatic heterocycles. The first-order chi connectivity index (χ1) is 12.6. The third-order valence-electron chi connectivity index (χ3n) is 4.38. The number of nitrogens with zero attached hydrogens (tertiary/aromatic N) is 5. The van der Waals surface area contributed by atoms with Gasteiger partial charge in [0, 0.05) is 31.4 Å². The molecule has 0 unspecified atom stereocenters. The average Bonchev–Trinajstić information content (AvgIpc) is 2.69. The summed E-state index contributed by atoms with van der Waals surface area (Å²) >= 11 is 0. The van der Waals surface area contributed by atoms with E-state index in [0.717, 1.165) is 31.7 Å². The second-order valence-corrected chi connectivity index (χ2v) is 6.02. The number of nitrogens with one attached hydrogen (secondary N) is 1. The Kier molecular flexibility index (Phi) is 4.95. The van der Waals surface area contributed by atoms with Gasteiger partial charge in [-0.05, 0) is 37.1 Å². The Morgan fingerprint density at radius 1 is 1.15 bits per heavy atom. The first-order valence-corrected chi connectivity index (χ1v) is 8.17. The van der Waals surface area contributed by atoms with E-state index in [0.29, 0.717) is 11.3 Å².